The van der Waals surface area contributed by atoms with Gasteiger partial charge in [-0.15, -0.1) is 0 Å². The van der Waals surface area contributed by atoms with Crippen molar-refractivity contribution in [3.63, 3.8) is 0 Å². The molecule has 0 radical (unpaired) electrons. The van der Waals surface area contributed by atoms with E-state index in [4.69, 9.17) is 14.2 Å². The Balaban J connectivity index is 4.35. The molecule has 0 N–H and O–H groups in total. The summed E-state index contributed by atoms with van der Waals surface area (Å²) in [4.78, 5) is 38.4. The van der Waals surface area contributed by atoms with Gasteiger partial charge in [0.25, 0.3) is 0 Å². The molecule has 0 amide bonds. The second-order valence-electron chi connectivity index (χ2n) is 22.7. The van der Waals surface area contributed by atoms with Gasteiger partial charge in [-0.1, -0.05) is 293 Å². The van der Waals surface area contributed by atoms with Gasteiger partial charge in [0.15, 0.2) is 6.10 Å². The maximum Gasteiger partial charge on any atom is 0.306 e. The molecule has 0 saturated heterocycles. The summed E-state index contributed by atoms with van der Waals surface area (Å²) in [5.41, 5.74) is 0. The zero-order valence-electron chi connectivity index (χ0n) is 51.9. The van der Waals surface area contributed by atoms with Gasteiger partial charge in [-0.25, -0.2) is 0 Å². The fourth-order valence-electron chi connectivity index (χ4n) is 9.84. The minimum atomic E-state index is -0.785. The summed E-state index contributed by atoms with van der Waals surface area (Å²) in [7, 11) is 0. The Morgan fingerprint density at radius 2 is 0.500 bits per heavy atom. The molecule has 0 spiro atoms. The molecule has 0 fully saturated rings. The molecule has 1 unspecified atom stereocenters. The second-order valence-corrected chi connectivity index (χ2v) is 22.7. The van der Waals surface area contributed by atoms with Crippen molar-refractivity contribution in [2.45, 2.75) is 354 Å². The molecule has 0 aliphatic carbocycles. The van der Waals surface area contributed by atoms with Crippen LogP contribution in [0.3, 0.4) is 0 Å². The highest BCUT2D eigenvalue weighted by Gasteiger charge is 2.19. The molecule has 6 heteroatoms. The minimum absolute atomic E-state index is 0.0797. The van der Waals surface area contributed by atoms with Gasteiger partial charge >= 0.3 is 17.9 Å². The molecule has 78 heavy (non-hydrogen) atoms. The van der Waals surface area contributed by atoms with E-state index in [0.29, 0.717) is 19.3 Å². The molecule has 0 aliphatic heterocycles. The second kappa shape index (κ2) is 66.4. The van der Waals surface area contributed by atoms with Crippen molar-refractivity contribution in [3.8, 4) is 0 Å². The monoisotopic (exact) mass is 1090 g/mol. The standard InChI is InChI=1S/C72H128O6/c1-4-7-10-13-16-19-22-25-28-31-33-35-36-38-39-41-44-47-50-53-56-59-62-65-71(74)77-68-69(67-76-70(73)64-61-58-55-52-49-46-43-30-27-24-21-18-15-12-9-6-3)78-72(75)66-63-60-57-54-51-48-45-42-40-37-34-32-29-26-23-20-17-14-11-8-5-2/h8,11,17,20,26,29-31,33-34,37,43,69H,4-7,9-10,12-16,18-19,21-25,27-28,32,35-36,38-42,44-68H2,1-3H3/b11-8-,20-17-,29-26-,33-31-,37-34-,43-30-. The van der Waals surface area contributed by atoms with Crippen LogP contribution in [-0.4, -0.2) is 37.2 Å². The summed E-state index contributed by atoms with van der Waals surface area (Å²) >= 11 is 0. The van der Waals surface area contributed by atoms with Gasteiger partial charge in [-0.3, -0.25) is 14.4 Å². The van der Waals surface area contributed by atoms with Crippen molar-refractivity contribution in [2.24, 2.45) is 0 Å². The Hall–Kier alpha value is -3.15. The molecule has 1 atom stereocenters. The lowest BCUT2D eigenvalue weighted by molar-refractivity contribution is -0.167. The highest BCUT2D eigenvalue weighted by atomic mass is 16.6. The van der Waals surface area contributed by atoms with Crippen molar-refractivity contribution in [2.75, 3.05) is 13.2 Å². The number of unbranched alkanes of at least 4 members (excludes halogenated alkanes) is 39. The molecular weight excluding hydrogens is 961 g/mol. The Bertz CT molecular complexity index is 1440. The Morgan fingerprint density at radius 3 is 0.795 bits per heavy atom. The van der Waals surface area contributed by atoms with Crippen LogP contribution in [0.1, 0.15) is 348 Å². The van der Waals surface area contributed by atoms with Crippen LogP contribution < -0.4 is 0 Å². The summed E-state index contributed by atoms with van der Waals surface area (Å²) in [5, 5.41) is 0. The zero-order valence-corrected chi connectivity index (χ0v) is 51.9. The third-order valence-electron chi connectivity index (χ3n) is 14.9. The number of carbonyl (C=O) groups is 3. The summed E-state index contributed by atoms with van der Waals surface area (Å²) in [6, 6.07) is 0. The lowest BCUT2D eigenvalue weighted by Gasteiger charge is -2.18. The minimum Gasteiger partial charge on any atom is -0.462 e. The first-order valence-electron chi connectivity index (χ1n) is 33.9. The van der Waals surface area contributed by atoms with E-state index < -0.39 is 6.10 Å². The van der Waals surface area contributed by atoms with E-state index in [9.17, 15) is 14.4 Å². The van der Waals surface area contributed by atoms with Crippen LogP contribution in [0.15, 0.2) is 72.9 Å². The van der Waals surface area contributed by atoms with Crippen LogP contribution in [0, 0.1) is 0 Å². The molecule has 0 heterocycles. The SMILES string of the molecule is CC/C=C\C/C=C\C/C=C\C/C=C\CCCCCCCCCCC(=O)OC(COC(=O)CCCCCCC/C=C\CCCCCCCCC)COC(=O)CCCCCCCCCCCCC/C=C\CCCCCCCCCC. The van der Waals surface area contributed by atoms with E-state index >= 15 is 0 Å². The summed E-state index contributed by atoms with van der Waals surface area (Å²) in [6.07, 6.45) is 86.3. The molecular formula is C72H128O6. The summed E-state index contributed by atoms with van der Waals surface area (Å²) < 4.78 is 17.0. The number of esters is 3. The van der Waals surface area contributed by atoms with Gasteiger partial charge in [0, 0.05) is 19.3 Å². The van der Waals surface area contributed by atoms with E-state index in [2.05, 4.69) is 93.7 Å². The van der Waals surface area contributed by atoms with E-state index in [-0.39, 0.29) is 31.1 Å². The van der Waals surface area contributed by atoms with E-state index in [0.717, 1.165) is 96.3 Å². The Labute approximate surface area is 484 Å². The molecule has 0 saturated carbocycles. The topological polar surface area (TPSA) is 78.9 Å². The number of carbonyl (C=O) groups excluding carboxylic acids is 3. The third kappa shape index (κ3) is 63.7. The van der Waals surface area contributed by atoms with Gasteiger partial charge < -0.3 is 14.2 Å². The number of hydrogen-bond donors (Lipinski definition) is 0. The van der Waals surface area contributed by atoms with Crippen LogP contribution in [-0.2, 0) is 28.6 Å². The summed E-state index contributed by atoms with van der Waals surface area (Å²) in [5.74, 6) is -0.879. The lowest BCUT2D eigenvalue weighted by atomic mass is 10.0. The van der Waals surface area contributed by atoms with Crippen molar-refractivity contribution >= 4 is 17.9 Å². The van der Waals surface area contributed by atoms with Crippen LogP contribution in [0.2, 0.25) is 0 Å². The molecule has 0 aromatic carbocycles. The quantitative estimate of drug-likeness (QED) is 0.0261. The predicted octanol–water partition coefficient (Wildman–Crippen LogP) is 23.3. The van der Waals surface area contributed by atoms with Crippen molar-refractivity contribution in [1.29, 1.82) is 0 Å². The number of rotatable bonds is 62. The highest BCUT2D eigenvalue weighted by Crippen LogP contribution is 2.17. The zero-order chi connectivity index (χ0) is 56.4. The normalized spacial score (nSPS) is 12.5. The van der Waals surface area contributed by atoms with Crippen LogP contribution >= 0.6 is 0 Å². The predicted molar refractivity (Wildman–Crippen MR) is 339 cm³/mol. The molecule has 0 aromatic rings. The van der Waals surface area contributed by atoms with E-state index in [1.807, 2.05) is 0 Å². The number of ether oxygens (including phenoxy) is 3. The highest BCUT2D eigenvalue weighted by molar-refractivity contribution is 5.71. The lowest BCUT2D eigenvalue weighted by Crippen LogP contribution is -2.30. The third-order valence-corrected chi connectivity index (χ3v) is 14.9. The van der Waals surface area contributed by atoms with Crippen LogP contribution in [0.4, 0.5) is 0 Å². The smallest absolute Gasteiger partial charge is 0.306 e. The van der Waals surface area contributed by atoms with E-state index in [1.54, 1.807) is 0 Å². The average molecular weight is 1090 g/mol. The maximum absolute atomic E-state index is 12.9. The van der Waals surface area contributed by atoms with E-state index in [1.165, 1.54) is 212 Å². The largest absolute Gasteiger partial charge is 0.462 e. The van der Waals surface area contributed by atoms with Crippen molar-refractivity contribution in [3.05, 3.63) is 72.9 Å². The van der Waals surface area contributed by atoms with Gasteiger partial charge in [0.2, 0.25) is 0 Å². The molecule has 0 rings (SSSR count). The first kappa shape index (κ1) is 74.8. The molecule has 0 aromatic heterocycles. The van der Waals surface area contributed by atoms with Crippen molar-refractivity contribution < 1.29 is 28.6 Å². The van der Waals surface area contributed by atoms with Gasteiger partial charge in [0.1, 0.15) is 13.2 Å². The molecule has 0 aliphatic rings. The van der Waals surface area contributed by atoms with Gasteiger partial charge in [-0.2, -0.15) is 0 Å². The maximum atomic E-state index is 12.9. The number of allylic oxidation sites excluding steroid dienone is 12. The molecule has 452 valence electrons. The Morgan fingerprint density at radius 1 is 0.269 bits per heavy atom. The van der Waals surface area contributed by atoms with Crippen LogP contribution in [0.5, 0.6) is 0 Å². The van der Waals surface area contributed by atoms with Gasteiger partial charge in [0.05, 0.1) is 0 Å². The molecule has 6 nitrogen and oxygen atoms in total. The fourth-order valence-corrected chi connectivity index (χ4v) is 9.84. The average Bonchev–Trinajstić information content (AvgIpc) is 3.44. The first-order valence-corrected chi connectivity index (χ1v) is 33.9. The van der Waals surface area contributed by atoms with Gasteiger partial charge in [-0.05, 0) is 109 Å². The fraction of sp³-hybridized carbons (Fsp3) is 0.792. The Kier molecular flexibility index (Phi) is 63.7. The number of hydrogen-bond acceptors (Lipinski definition) is 6. The molecule has 0 bridgehead atoms. The van der Waals surface area contributed by atoms with Crippen LogP contribution in [0.25, 0.3) is 0 Å². The van der Waals surface area contributed by atoms with Crippen molar-refractivity contribution in [1.82, 2.24) is 0 Å². The summed E-state index contributed by atoms with van der Waals surface area (Å²) in [6.45, 7) is 6.56. The first-order chi connectivity index (χ1) is 38.5.